The van der Waals surface area contributed by atoms with Gasteiger partial charge >= 0.3 is 0 Å². The molecule has 0 spiro atoms. The summed E-state index contributed by atoms with van der Waals surface area (Å²) in [6.07, 6.45) is 1.96. The Morgan fingerprint density at radius 2 is 2.10 bits per heavy atom. The van der Waals surface area contributed by atoms with Crippen molar-refractivity contribution in [3.05, 3.63) is 23.8 Å². The van der Waals surface area contributed by atoms with E-state index >= 15 is 0 Å². The largest absolute Gasteiger partial charge is 0.496 e. The molecule has 0 amide bonds. The lowest BCUT2D eigenvalue weighted by Gasteiger charge is -2.18. The fourth-order valence-corrected chi connectivity index (χ4v) is 3.63. The van der Waals surface area contributed by atoms with Crippen LogP contribution in [0.1, 0.15) is 12.5 Å². The topological polar surface area (TPSA) is 58.6 Å². The van der Waals surface area contributed by atoms with Crippen LogP contribution < -0.4 is 10.1 Å². The maximum absolute atomic E-state index is 12.5. The van der Waals surface area contributed by atoms with Gasteiger partial charge in [-0.05, 0) is 31.0 Å². The Kier molecular flexibility index (Phi) is 7.51. The van der Waals surface area contributed by atoms with Crippen LogP contribution in [0.2, 0.25) is 0 Å². The molecule has 120 valence electrons. The lowest BCUT2D eigenvalue weighted by molar-refractivity contribution is 0.407. The molecule has 1 N–H and O–H groups in total. The van der Waals surface area contributed by atoms with Crippen LogP contribution in [-0.2, 0) is 16.6 Å². The van der Waals surface area contributed by atoms with E-state index in [0.717, 1.165) is 17.9 Å². The fourth-order valence-electron chi connectivity index (χ4n) is 1.83. The van der Waals surface area contributed by atoms with E-state index in [4.69, 9.17) is 4.74 Å². The molecule has 0 aliphatic carbocycles. The average Bonchev–Trinajstić information content (AvgIpc) is 2.49. The second-order valence-electron chi connectivity index (χ2n) is 4.57. The lowest BCUT2D eigenvalue weighted by atomic mass is 10.2. The van der Waals surface area contributed by atoms with Crippen LogP contribution in [0.3, 0.4) is 0 Å². The van der Waals surface area contributed by atoms with Gasteiger partial charge in [-0.1, -0.05) is 6.92 Å². The highest BCUT2D eigenvalue weighted by Gasteiger charge is 2.21. The first-order chi connectivity index (χ1) is 9.97. The van der Waals surface area contributed by atoms with E-state index in [1.165, 1.54) is 4.31 Å². The van der Waals surface area contributed by atoms with Crippen molar-refractivity contribution in [2.24, 2.45) is 0 Å². The van der Waals surface area contributed by atoms with E-state index < -0.39 is 10.0 Å². The molecule has 7 heteroatoms. The zero-order valence-corrected chi connectivity index (χ0v) is 14.7. The van der Waals surface area contributed by atoms with Crippen LogP contribution >= 0.6 is 11.8 Å². The number of methoxy groups -OCH3 is 1. The Balaban J connectivity index is 3.06. The fraction of sp³-hybridized carbons (Fsp3) is 0.571. The Bertz CT molecular complexity index is 547. The van der Waals surface area contributed by atoms with Crippen molar-refractivity contribution >= 4 is 21.8 Å². The van der Waals surface area contributed by atoms with Gasteiger partial charge in [0.05, 0.1) is 12.0 Å². The van der Waals surface area contributed by atoms with Crippen LogP contribution in [0.15, 0.2) is 23.1 Å². The third kappa shape index (κ3) is 4.88. The van der Waals surface area contributed by atoms with Gasteiger partial charge in [0, 0.05) is 31.5 Å². The molecule has 0 unspecified atom stereocenters. The molecule has 21 heavy (non-hydrogen) atoms. The molecule has 0 aromatic heterocycles. The van der Waals surface area contributed by atoms with Crippen molar-refractivity contribution < 1.29 is 13.2 Å². The number of sulfonamides is 1. The van der Waals surface area contributed by atoms with Gasteiger partial charge in [-0.2, -0.15) is 11.8 Å². The number of nitrogens with zero attached hydrogens (tertiary/aromatic N) is 1. The van der Waals surface area contributed by atoms with Crippen LogP contribution in [0, 0.1) is 0 Å². The number of rotatable bonds is 9. The first-order valence-electron chi connectivity index (χ1n) is 6.80. The molecule has 1 aromatic carbocycles. The van der Waals surface area contributed by atoms with Gasteiger partial charge in [-0.25, -0.2) is 12.7 Å². The third-order valence-corrected chi connectivity index (χ3v) is 5.58. The quantitative estimate of drug-likeness (QED) is 0.747. The summed E-state index contributed by atoms with van der Waals surface area (Å²) < 4.78 is 31.7. The number of hydrogen-bond donors (Lipinski definition) is 1. The Labute approximate surface area is 132 Å². The smallest absolute Gasteiger partial charge is 0.242 e. The highest BCUT2D eigenvalue weighted by atomic mass is 32.2. The van der Waals surface area contributed by atoms with Crippen molar-refractivity contribution in [2.45, 2.75) is 18.4 Å². The predicted octanol–water partition coefficient (Wildman–Crippen LogP) is 1.79. The van der Waals surface area contributed by atoms with Gasteiger partial charge in [0.25, 0.3) is 0 Å². The Hall–Kier alpha value is -0.760. The summed E-state index contributed by atoms with van der Waals surface area (Å²) in [5, 5.41) is 3.19. The van der Waals surface area contributed by atoms with E-state index in [-0.39, 0.29) is 0 Å². The summed E-state index contributed by atoms with van der Waals surface area (Å²) in [5.41, 5.74) is 0.846. The minimum Gasteiger partial charge on any atom is -0.496 e. The number of hydrogen-bond acceptors (Lipinski definition) is 5. The average molecular weight is 332 g/mol. The Morgan fingerprint density at radius 3 is 2.67 bits per heavy atom. The molecular weight excluding hydrogens is 308 g/mol. The third-order valence-electron chi connectivity index (χ3n) is 3.14. The van der Waals surface area contributed by atoms with Crippen LogP contribution in [-0.4, -0.2) is 52.0 Å². The van der Waals surface area contributed by atoms with Gasteiger partial charge < -0.3 is 10.1 Å². The molecule has 0 heterocycles. The minimum atomic E-state index is -3.45. The SMILES string of the molecule is CCNCc1cc(S(=O)(=O)N(C)CCSC)ccc1OC. The monoisotopic (exact) mass is 332 g/mol. The summed E-state index contributed by atoms with van der Waals surface area (Å²) in [7, 11) is -0.249. The highest BCUT2D eigenvalue weighted by Crippen LogP contribution is 2.24. The molecule has 0 atom stereocenters. The first-order valence-corrected chi connectivity index (χ1v) is 9.63. The molecule has 0 radical (unpaired) electrons. The van der Waals surface area contributed by atoms with Gasteiger partial charge in [-0.15, -0.1) is 0 Å². The van der Waals surface area contributed by atoms with Crippen molar-refractivity contribution in [3.63, 3.8) is 0 Å². The van der Waals surface area contributed by atoms with Crippen molar-refractivity contribution in [1.82, 2.24) is 9.62 Å². The lowest BCUT2D eigenvalue weighted by Crippen LogP contribution is -2.29. The van der Waals surface area contributed by atoms with Crippen molar-refractivity contribution in [2.75, 3.05) is 39.3 Å². The van der Waals surface area contributed by atoms with Gasteiger partial charge in [0.15, 0.2) is 0 Å². The predicted molar refractivity (Wildman–Crippen MR) is 88.6 cm³/mol. The molecule has 1 rings (SSSR count). The van der Waals surface area contributed by atoms with E-state index in [9.17, 15) is 8.42 Å². The maximum atomic E-state index is 12.5. The molecule has 0 fully saturated rings. The molecule has 1 aromatic rings. The van der Waals surface area contributed by atoms with Crippen molar-refractivity contribution in [3.8, 4) is 5.75 Å². The second-order valence-corrected chi connectivity index (χ2v) is 7.60. The summed E-state index contributed by atoms with van der Waals surface area (Å²) in [5.74, 6) is 1.47. The number of nitrogens with one attached hydrogen (secondary N) is 1. The molecular formula is C14H24N2O3S2. The highest BCUT2D eigenvalue weighted by molar-refractivity contribution is 7.98. The van der Waals surface area contributed by atoms with Crippen LogP contribution in [0.5, 0.6) is 5.75 Å². The standard InChI is InChI=1S/C14H24N2O3S2/c1-5-15-11-12-10-13(6-7-14(12)19-3)21(17,18)16(2)8-9-20-4/h6-7,10,15H,5,8-9,11H2,1-4H3. The van der Waals surface area contributed by atoms with Gasteiger partial charge in [-0.3, -0.25) is 0 Å². The molecule has 0 bridgehead atoms. The van der Waals surface area contributed by atoms with E-state index in [1.54, 1.807) is 44.1 Å². The second kappa shape index (κ2) is 8.63. The van der Waals surface area contributed by atoms with E-state index in [1.807, 2.05) is 13.2 Å². The zero-order chi connectivity index (χ0) is 15.9. The molecule has 0 saturated heterocycles. The normalized spacial score (nSPS) is 11.9. The van der Waals surface area contributed by atoms with Crippen LogP contribution in [0.25, 0.3) is 0 Å². The molecule has 5 nitrogen and oxygen atoms in total. The van der Waals surface area contributed by atoms with E-state index in [2.05, 4.69) is 5.32 Å². The maximum Gasteiger partial charge on any atom is 0.242 e. The molecule has 0 saturated carbocycles. The van der Waals surface area contributed by atoms with Gasteiger partial charge in [0.1, 0.15) is 5.75 Å². The van der Waals surface area contributed by atoms with Crippen LogP contribution in [0.4, 0.5) is 0 Å². The minimum absolute atomic E-state index is 0.305. The van der Waals surface area contributed by atoms with Gasteiger partial charge in [0.2, 0.25) is 10.0 Å². The number of benzene rings is 1. The Morgan fingerprint density at radius 1 is 1.38 bits per heavy atom. The summed E-state index contributed by atoms with van der Waals surface area (Å²) in [6, 6.07) is 4.99. The summed E-state index contributed by atoms with van der Waals surface area (Å²) >= 11 is 1.63. The zero-order valence-electron chi connectivity index (χ0n) is 13.0. The van der Waals surface area contributed by atoms with E-state index in [0.29, 0.717) is 23.7 Å². The molecule has 0 aliphatic rings. The summed E-state index contributed by atoms with van der Waals surface area (Å²) in [6.45, 7) is 3.90. The number of ether oxygens (including phenoxy) is 1. The summed E-state index contributed by atoms with van der Waals surface area (Å²) in [4.78, 5) is 0.305. The number of thioether (sulfide) groups is 1. The molecule has 0 aliphatic heterocycles. The van der Waals surface area contributed by atoms with Crippen molar-refractivity contribution in [1.29, 1.82) is 0 Å². The first kappa shape index (κ1) is 18.3.